The van der Waals surface area contributed by atoms with Crippen LogP contribution in [0.3, 0.4) is 0 Å². The summed E-state index contributed by atoms with van der Waals surface area (Å²) in [4.78, 5) is 0. The van der Waals surface area contributed by atoms with E-state index in [4.69, 9.17) is 9.47 Å². The van der Waals surface area contributed by atoms with Gasteiger partial charge in [-0.05, 0) is 0 Å². The van der Waals surface area contributed by atoms with Gasteiger partial charge in [0.15, 0.2) is 0 Å². The monoisotopic (exact) mass is 452 g/mol. The van der Waals surface area contributed by atoms with E-state index in [0.717, 1.165) is 18.1 Å². The van der Waals surface area contributed by atoms with E-state index in [1.54, 1.807) is 7.11 Å². The molecule has 20 heavy (non-hydrogen) atoms. The van der Waals surface area contributed by atoms with Crippen LogP contribution in [0, 0.1) is 0 Å². The molecule has 0 N–H and O–H groups in total. The normalized spacial score (nSPS) is 10.3. The van der Waals surface area contributed by atoms with Gasteiger partial charge in [-0.3, -0.25) is 0 Å². The summed E-state index contributed by atoms with van der Waals surface area (Å²) in [7, 11) is 1.71. The first-order chi connectivity index (χ1) is 9.81. The predicted molar refractivity (Wildman–Crippen MR) is 86.2 cm³/mol. The van der Waals surface area contributed by atoms with Crippen molar-refractivity contribution in [1.29, 1.82) is 0 Å². The molecule has 0 amide bonds. The Kier molecular flexibility index (Phi) is 6.76. The number of ether oxygens (including phenoxy) is 2. The number of hydrogen-bond donors (Lipinski definition) is 0. The Balaban J connectivity index is 1.79. The third-order valence-electron chi connectivity index (χ3n) is 2.65. The third-order valence-corrected chi connectivity index (χ3v) is 9.63. The van der Waals surface area contributed by atoms with Crippen molar-refractivity contribution in [3.8, 4) is 11.5 Å². The summed E-state index contributed by atoms with van der Waals surface area (Å²) in [6, 6.07) is 17.1. The third kappa shape index (κ3) is 5.03. The molecule has 0 aromatic heterocycles. The molecule has 0 aliphatic rings. The van der Waals surface area contributed by atoms with Gasteiger partial charge in [0.1, 0.15) is 0 Å². The minimum atomic E-state index is -0.0770. The average molecular weight is 449 g/mol. The SMILES string of the molecule is CCOc1ccc([Te]C[Se]c2ccc(OC)cc2)cc1. The van der Waals surface area contributed by atoms with Gasteiger partial charge >= 0.3 is 137 Å². The maximum atomic E-state index is 5.46. The fraction of sp³-hybridized carbons (Fsp3) is 0.250. The molecule has 0 aliphatic carbocycles. The van der Waals surface area contributed by atoms with Gasteiger partial charge in [0.25, 0.3) is 0 Å². The van der Waals surface area contributed by atoms with Gasteiger partial charge < -0.3 is 0 Å². The van der Waals surface area contributed by atoms with Crippen molar-refractivity contribution in [3.05, 3.63) is 48.5 Å². The summed E-state index contributed by atoms with van der Waals surface area (Å²) in [5.74, 6) is 1.91. The molecule has 2 rings (SSSR count). The summed E-state index contributed by atoms with van der Waals surface area (Å²) >= 11 is 0.499. The van der Waals surface area contributed by atoms with Crippen molar-refractivity contribution in [2.75, 3.05) is 13.7 Å². The molecule has 0 radical (unpaired) electrons. The molecule has 0 bridgehead atoms. The van der Waals surface area contributed by atoms with Crippen molar-refractivity contribution in [2.45, 2.75) is 10.3 Å². The molecule has 0 atom stereocenters. The summed E-state index contributed by atoms with van der Waals surface area (Å²) < 4.78 is 14.9. The molecule has 106 valence electrons. The summed E-state index contributed by atoms with van der Waals surface area (Å²) in [6.45, 7) is 2.75. The second-order valence-corrected chi connectivity index (χ2v) is 11.7. The van der Waals surface area contributed by atoms with E-state index in [9.17, 15) is 0 Å². The Morgan fingerprint density at radius 3 is 2.20 bits per heavy atom. The van der Waals surface area contributed by atoms with Gasteiger partial charge in [-0.25, -0.2) is 0 Å². The standard InChI is InChI=1S/C16H18O2SeTe/c1-3-18-14-6-10-16(11-7-14)20-12-19-15-8-4-13(17-2)5-9-15/h4-11H,3,12H2,1-2H3. The van der Waals surface area contributed by atoms with Crippen molar-refractivity contribution < 1.29 is 9.47 Å². The van der Waals surface area contributed by atoms with Gasteiger partial charge in [0.2, 0.25) is 0 Å². The van der Waals surface area contributed by atoms with Gasteiger partial charge in [0, 0.05) is 0 Å². The first-order valence-electron chi connectivity index (χ1n) is 6.44. The maximum absolute atomic E-state index is 5.46. The van der Waals surface area contributed by atoms with Crippen LogP contribution in [0.5, 0.6) is 11.5 Å². The molecule has 2 aromatic carbocycles. The van der Waals surface area contributed by atoms with Crippen molar-refractivity contribution in [3.63, 3.8) is 0 Å². The van der Waals surface area contributed by atoms with E-state index < -0.39 is 0 Å². The zero-order valence-electron chi connectivity index (χ0n) is 11.7. The van der Waals surface area contributed by atoms with Crippen molar-refractivity contribution in [1.82, 2.24) is 0 Å². The van der Waals surface area contributed by atoms with Gasteiger partial charge in [-0.1, -0.05) is 0 Å². The molecular formula is C16H18O2SeTe. The number of benzene rings is 2. The van der Waals surface area contributed by atoms with Crippen LogP contribution in [-0.2, 0) is 0 Å². The Morgan fingerprint density at radius 1 is 0.950 bits per heavy atom. The van der Waals surface area contributed by atoms with Crippen LogP contribution in [0.1, 0.15) is 6.92 Å². The van der Waals surface area contributed by atoms with E-state index in [0.29, 0.717) is 15.0 Å². The molecule has 0 heterocycles. The minimum absolute atomic E-state index is 0.0770. The predicted octanol–water partition coefficient (Wildman–Crippen LogP) is 1.83. The Hall–Kier alpha value is -0.651. The number of hydrogen-bond acceptors (Lipinski definition) is 2. The van der Waals surface area contributed by atoms with Gasteiger partial charge in [-0.2, -0.15) is 0 Å². The van der Waals surface area contributed by atoms with Crippen molar-refractivity contribution in [2.24, 2.45) is 0 Å². The van der Waals surface area contributed by atoms with E-state index in [-0.39, 0.29) is 20.9 Å². The Morgan fingerprint density at radius 2 is 1.60 bits per heavy atom. The molecular weight excluding hydrogens is 431 g/mol. The molecule has 0 spiro atoms. The van der Waals surface area contributed by atoms with E-state index in [2.05, 4.69) is 48.5 Å². The first-order valence-corrected chi connectivity index (χ1v) is 11.3. The molecule has 2 aromatic rings. The van der Waals surface area contributed by atoms with E-state index >= 15 is 0 Å². The topological polar surface area (TPSA) is 18.5 Å². The fourth-order valence-electron chi connectivity index (χ4n) is 1.64. The summed E-state index contributed by atoms with van der Waals surface area (Å²) in [5, 5.41) is 0. The fourth-order valence-corrected chi connectivity index (χ4v) is 8.87. The van der Waals surface area contributed by atoms with Crippen LogP contribution < -0.4 is 17.5 Å². The van der Waals surface area contributed by atoms with E-state index in [1.807, 2.05) is 6.92 Å². The van der Waals surface area contributed by atoms with Crippen molar-refractivity contribution >= 4 is 44.0 Å². The Bertz CT molecular complexity index is 511. The number of rotatable bonds is 7. The average Bonchev–Trinajstić information content (AvgIpc) is 2.50. The van der Waals surface area contributed by atoms with Crippen LogP contribution in [0.25, 0.3) is 0 Å². The quantitative estimate of drug-likeness (QED) is 0.602. The van der Waals surface area contributed by atoms with Crippen LogP contribution in [-0.4, -0.2) is 49.6 Å². The molecule has 0 aliphatic heterocycles. The zero-order valence-corrected chi connectivity index (χ0v) is 15.7. The first kappa shape index (κ1) is 15.7. The van der Waals surface area contributed by atoms with Gasteiger partial charge in [0.05, 0.1) is 0 Å². The molecule has 0 fully saturated rings. The zero-order chi connectivity index (χ0) is 14.2. The Labute approximate surface area is 137 Å². The molecule has 0 unspecified atom stereocenters. The summed E-state index contributed by atoms with van der Waals surface area (Å²) in [5.41, 5.74) is 0. The second-order valence-electron chi connectivity index (χ2n) is 3.99. The molecule has 0 saturated heterocycles. The van der Waals surface area contributed by atoms with E-state index in [1.165, 1.54) is 11.4 Å². The molecule has 2 nitrogen and oxygen atoms in total. The second kappa shape index (κ2) is 8.59. The van der Waals surface area contributed by atoms with Crippen LogP contribution in [0.2, 0.25) is 3.37 Å². The van der Waals surface area contributed by atoms with Crippen LogP contribution in [0.15, 0.2) is 48.5 Å². The molecule has 0 saturated carbocycles. The number of methoxy groups -OCH3 is 1. The van der Waals surface area contributed by atoms with Crippen LogP contribution in [0.4, 0.5) is 0 Å². The van der Waals surface area contributed by atoms with Gasteiger partial charge in [-0.15, -0.1) is 0 Å². The molecule has 4 heteroatoms. The van der Waals surface area contributed by atoms with Crippen LogP contribution >= 0.6 is 0 Å². The summed E-state index contributed by atoms with van der Waals surface area (Å²) in [6.07, 6.45) is 0.